The summed E-state index contributed by atoms with van der Waals surface area (Å²) in [4.78, 5) is 12.0. The molecule has 0 aliphatic heterocycles. The summed E-state index contributed by atoms with van der Waals surface area (Å²) >= 11 is 3.42. The molecule has 94 valence electrons. The van der Waals surface area contributed by atoms with Crippen LogP contribution in [0.15, 0.2) is 16.7 Å². The maximum Gasteiger partial charge on any atom is 0.267 e. The van der Waals surface area contributed by atoms with E-state index in [9.17, 15) is 4.79 Å². The highest BCUT2D eigenvalue weighted by Crippen LogP contribution is 2.37. The second-order valence-corrected chi connectivity index (χ2v) is 5.35. The summed E-state index contributed by atoms with van der Waals surface area (Å²) in [6, 6.07) is 2.41. The standard InChI is InChI=1S/C12H18BrN3O/c13-9-7-11(16(8-9)10-3-4-10)12(17)15-6-2-1-5-14/h7-8,10H,1-6,14H2,(H,15,17). The van der Waals surface area contributed by atoms with Crippen molar-refractivity contribution in [2.45, 2.75) is 31.7 Å². The van der Waals surface area contributed by atoms with Crippen molar-refractivity contribution in [3.8, 4) is 0 Å². The van der Waals surface area contributed by atoms with Gasteiger partial charge in [-0.05, 0) is 54.2 Å². The zero-order chi connectivity index (χ0) is 12.3. The third-order valence-corrected chi connectivity index (χ3v) is 3.34. The Labute approximate surface area is 110 Å². The Hall–Kier alpha value is -0.810. The van der Waals surface area contributed by atoms with E-state index in [4.69, 9.17) is 5.73 Å². The highest BCUT2D eigenvalue weighted by molar-refractivity contribution is 9.10. The van der Waals surface area contributed by atoms with Crippen molar-refractivity contribution in [3.63, 3.8) is 0 Å². The van der Waals surface area contributed by atoms with Crippen molar-refractivity contribution >= 4 is 21.8 Å². The first-order chi connectivity index (χ1) is 8.22. The molecule has 1 fully saturated rings. The van der Waals surface area contributed by atoms with E-state index in [1.54, 1.807) is 0 Å². The average Bonchev–Trinajstić information content (AvgIpc) is 3.08. The first-order valence-corrected chi connectivity index (χ1v) is 6.87. The van der Waals surface area contributed by atoms with Gasteiger partial charge in [-0.25, -0.2) is 0 Å². The molecule has 0 unspecified atom stereocenters. The van der Waals surface area contributed by atoms with Gasteiger partial charge in [0.25, 0.3) is 5.91 Å². The number of nitrogens with two attached hydrogens (primary N) is 1. The molecule has 0 atom stereocenters. The molecule has 2 rings (SSSR count). The number of halogens is 1. The molecule has 3 N–H and O–H groups in total. The SMILES string of the molecule is NCCCCNC(=O)c1cc(Br)cn1C1CC1. The zero-order valence-corrected chi connectivity index (χ0v) is 11.4. The smallest absolute Gasteiger partial charge is 0.267 e. The monoisotopic (exact) mass is 299 g/mol. The lowest BCUT2D eigenvalue weighted by Gasteiger charge is -2.08. The lowest BCUT2D eigenvalue weighted by atomic mass is 10.3. The summed E-state index contributed by atoms with van der Waals surface area (Å²) < 4.78 is 3.04. The molecule has 1 heterocycles. The molecule has 0 spiro atoms. The molecule has 0 bridgehead atoms. The number of hydrogen-bond donors (Lipinski definition) is 2. The topological polar surface area (TPSA) is 60.0 Å². The van der Waals surface area contributed by atoms with Crippen LogP contribution in [0.4, 0.5) is 0 Å². The number of nitrogens with one attached hydrogen (secondary N) is 1. The van der Waals surface area contributed by atoms with Gasteiger partial charge < -0.3 is 15.6 Å². The Morgan fingerprint density at radius 2 is 2.29 bits per heavy atom. The van der Waals surface area contributed by atoms with Gasteiger partial charge in [0.1, 0.15) is 5.69 Å². The van der Waals surface area contributed by atoms with Crippen LogP contribution in [-0.4, -0.2) is 23.6 Å². The molecule has 0 radical (unpaired) electrons. The maximum absolute atomic E-state index is 12.0. The number of carbonyl (C=O) groups is 1. The minimum absolute atomic E-state index is 0.0135. The molecule has 17 heavy (non-hydrogen) atoms. The van der Waals surface area contributed by atoms with Gasteiger partial charge in [-0.2, -0.15) is 0 Å². The second-order valence-electron chi connectivity index (χ2n) is 4.43. The van der Waals surface area contributed by atoms with Crippen LogP contribution in [0.5, 0.6) is 0 Å². The van der Waals surface area contributed by atoms with Gasteiger partial charge in [0, 0.05) is 23.3 Å². The lowest BCUT2D eigenvalue weighted by molar-refractivity contribution is 0.0943. The van der Waals surface area contributed by atoms with Gasteiger partial charge in [-0.1, -0.05) is 0 Å². The van der Waals surface area contributed by atoms with Crippen LogP contribution in [0.25, 0.3) is 0 Å². The third kappa shape index (κ3) is 3.33. The van der Waals surface area contributed by atoms with E-state index in [0.717, 1.165) is 23.0 Å². The van der Waals surface area contributed by atoms with Crippen LogP contribution in [0.1, 0.15) is 42.2 Å². The number of aromatic nitrogens is 1. The van der Waals surface area contributed by atoms with Crippen molar-refractivity contribution in [2.75, 3.05) is 13.1 Å². The molecular formula is C12H18BrN3O. The van der Waals surface area contributed by atoms with E-state index in [0.29, 0.717) is 19.1 Å². The molecule has 1 saturated carbocycles. The van der Waals surface area contributed by atoms with E-state index in [1.165, 1.54) is 12.8 Å². The van der Waals surface area contributed by atoms with Gasteiger partial charge in [0.2, 0.25) is 0 Å². The normalized spacial score (nSPS) is 14.9. The van der Waals surface area contributed by atoms with E-state index in [-0.39, 0.29) is 5.91 Å². The third-order valence-electron chi connectivity index (χ3n) is 2.90. The van der Waals surface area contributed by atoms with E-state index in [2.05, 4.69) is 25.8 Å². The Balaban J connectivity index is 1.93. The van der Waals surface area contributed by atoms with E-state index in [1.807, 2.05) is 12.3 Å². The van der Waals surface area contributed by atoms with E-state index < -0.39 is 0 Å². The van der Waals surface area contributed by atoms with Crippen molar-refractivity contribution in [2.24, 2.45) is 5.73 Å². The van der Waals surface area contributed by atoms with Crippen LogP contribution in [0.3, 0.4) is 0 Å². The fourth-order valence-corrected chi connectivity index (χ4v) is 2.28. The van der Waals surface area contributed by atoms with Crippen LogP contribution >= 0.6 is 15.9 Å². The first-order valence-electron chi connectivity index (χ1n) is 6.08. The highest BCUT2D eigenvalue weighted by atomic mass is 79.9. The minimum Gasteiger partial charge on any atom is -0.351 e. The van der Waals surface area contributed by atoms with Crippen LogP contribution in [0.2, 0.25) is 0 Å². The average molecular weight is 300 g/mol. The lowest BCUT2D eigenvalue weighted by Crippen LogP contribution is -2.27. The Morgan fingerprint density at radius 1 is 1.53 bits per heavy atom. The van der Waals surface area contributed by atoms with Crippen LogP contribution in [0, 0.1) is 0 Å². The fourth-order valence-electron chi connectivity index (χ4n) is 1.84. The van der Waals surface area contributed by atoms with Crippen molar-refractivity contribution < 1.29 is 4.79 Å². The van der Waals surface area contributed by atoms with Crippen molar-refractivity contribution in [1.82, 2.24) is 9.88 Å². The molecule has 4 nitrogen and oxygen atoms in total. The number of nitrogens with zero attached hydrogens (tertiary/aromatic N) is 1. The molecule has 0 aromatic carbocycles. The molecule has 1 amide bonds. The summed E-state index contributed by atoms with van der Waals surface area (Å²) in [5, 5.41) is 2.93. The predicted octanol–water partition coefficient (Wildman–Crippen LogP) is 2.05. The summed E-state index contributed by atoms with van der Waals surface area (Å²) in [7, 11) is 0. The molecule has 0 saturated heterocycles. The molecule has 5 heteroatoms. The number of unbranched alkanes of at least 4 members (excludes halogenated alkanes) is 1. The molecule has 1 aliphatic carbocycles. The van der Waals surface area contributed by atoms with Crippen LogP contribution < -0.4 is 11.1 Å². The minimum atomic E-state index is 0.0135. The second kappa shape index (κ2) is 5.69. The van der Waals surface area contributed by atoms with Crippen LogP contribution in [-0.2, 0) is 0 Å². The largest absolute Gasteiger partial charge is 0.351 e. The fraction of sp³-hybridized carbons (Fsp3) is 0.583. The maximum atomic E-state index is 12.0. The number of rotatable bonds is 6. The molecular weight excluding hydrogens is 282 g/mol. The summed E-state index contributed by atoms with van der Waals surface area (Å²) in [6.07, 6.45) is 6.23. The van der Waals surface area contributed by atoms with Crippen molar-refractivity contribution in [1.29, 1.82) is 0 Å². The Kier molecular flexibility index (Phi) is 4.23. The highest BCUT2D eigenvalue weighted by Gasteiger charge is 2.27. The van der Waals surface area contributed by atoms with Gasteiger partial charge in [0.05, 0.1) is 0 Å². The zero-order valence-electron chi connectivity index (χ0n) is 9.79. The number of carbonyl (C=O) groups excluding carboxylic acids is 1. The summed E-state index contributed by atoms with van der Waals surface area (Å²) in [5.41, 5.74) is 6.17. The van der Waals surface area contributed by atoms with Gasteiger partial charge in [0.15, 0.2) is 0 Å². The molecule has 1 aromatic heterocycles. The summed E-state index contributed by atoms with van der Waals surface area (Å²) in [6.45, 7) is 1.38. The van der Waals surface area contributed by atoms with Gasteiger partial charge in [-0.3, -0.25) is 4.79 Å². The van der Waals surface area contributed by atoms with Gasteiger partial charge >= 0.3 is 0 Å². The predicted molar refractivity (Wildman–Crippen MR) is 71.0 cm³/mol. The first kappa shape index (κ1) is 12.6. The quantitative estimate of drug-likeness (QED) is 0.790. The number of hydrogen-bond acceptors (Lipinski definition) is 2. The molecule has 1 aromatic rings. The number of amides is 1. The van der Waals surface area contributed by atoms with Gasteiger partial charge in [-0.15, -0.1) is 0 Å². The summed E-state index contributed by atoms with van der Waals surface area (Å²) in [5.74, 6) is 0.0135. The van der Waals surface area contributed by atoms with Crippen molar-refractivity contribution in [3.05, 3.63) is 22.4 Å². The molecule has 1 aliphatic rings. The van der Waals surface area contributed by atoms with E-state index >= 15 is 0 Å². The Morgan fingerprint density at radius 3 is 2.94 bits per heavy atom. The Bertz CT molecular complexity index is 398.